The van der Waals surface area contributed by atoms with Crippen LogP contribution in [0, 0.1) is 0 Å². The number of carbonyl (C=O) groups is 1. The molecule has 2 heterocycles. The van der Waals surface area contributed by atoms with E-state index in [-0.39, 0.29) is 5.91 Å². The van der Waals surface area contributed by atoms with Gasteiger partial charge >= 0.3 is 0 Å². The van der Waals surface area contributed by atoms with E-state index in [0.717, 1.165) is 19.5 Å². The zero-order valence-electron chi connectivity index (χ0n) is 8.96. The lowest BCUT2D eigenvalue weighted by atomic mass is 10.1. The molecule has 0 saturated carbocycles. The van der Waals surface area contributed by atoms with Gasteiger partial charge in [0, 0.05) is 12.6 Å². The van der Waals surface area contributed by atoms with Crippen LogP contribution in [-0.4, -0.2) is 25.0 Å². The molecule has 2 N–H and O–H groups in total. The minimum absolute atomic E-state index is 0.0186. The van der Waals surface area contributed by atoms with Crippen molar-refractivity contribution in [3.8, 4) is 0 Å². The van der Waals surface area contributed by atoms with Crippen molar-refractivity contribution >= 4 is 28.8 Å². The SMILES string of the molecule is O=C(NCC[C@@H]1CCCN1)c1ccc(Cl)s1. The Balaban J connectivity index is 1.71. The van der Waals surface area contributed by atoms with Crippen molar-refractivity contribution in [1.29, 1.82) is 0 Å². The van der Waals surface area contributed by atoms with Crippen molar-refractivity contribution in [2.75, 3.05) is 13.1 Å². The molecule has 1 amide bonds. The van der Waals surface area contributed by atoms with Gasteiger partial charge in [-0.2, -0.15) is 0 Å². The molecule has 0 spiro atoms. The van der Waals surface area contributed by atoms with E-state index in [1.165, 1.54) is 24.2 Å². The third kappa shape index (κ3) is 3.20. The average Bonchev–Trinajstić information content (AvgIpc) is 2.89. The molecule has 1 aromatic heterocycles. The number of nitrogens with one attached hydrogen (secondary N) is 2. The summed E-state index contributed by atoms with van der Waals surface area (Å²) in [5.41, 5.74) is 0. The van der Waals surface area contributed by atoms with Crippen LogP contribution in [0.1, 0.15) is 28.9 Å². The third-order valence-electron chi connectivity index (χ3n) is 2.74. The molecule has 1 aliphatic heterocycles. The largest absolute Gasteiger partial charge is 0.351 e. The van der Waals surface area contributed by atoms with Crippen molar-refractivity contribution in [1.82, 2.24) is 10.6 Å². The van der Waals surface area contributed by atoms with Crippen molar-refractivity contribution < 1.29 is 4.79 Å². The quantitative estimate of drug-likeness (QED) is 0.870. The van der Waals surface area contributed by atoms with Crippen LogP contribution in [0.3, 0.4) is 0 Å². The lowest BCUT2D eigenvalue weighted by Gasteiger charge is -2.09. The van der Waals surface area contributed by atoms with Crippen LogP contribution in [0.25, 0.3) is 0 Å². The fraction of sp³-hybridized carbons (Fsp3) is 0.545. The van der Waals surface area contributed by atoms with Crippen LogP contribution < -0.4 is 10.6 Å². The first-order valence-electron chi connectivity index (χ1n) is 5.52. The first-order chi connectivity index (χ1) is 7.75. The van der Waals surface area contributed by atoms with Gasteiger partial charge in [-0.05, 0) is 37.9 Å². The van der Waals surface area contributed by atoms with E-state index in [9.17, 15) is 4.79 Å². The maximum Gasteiger partial charge on any atom is 0.261 e. The van der Waals surface area contributed by atoms with Crippen LogP contribution in [0.2, 0.25) is 4.34 Å². The second-order valence-corrected chi connectivity index (χ2v) is 5.66. The molecule has 16 heavy (non-hydrogen) atoms. The summed E-state index contributed by atoms with van der Waals surface area (Å²) in [6, 6.07) is 4.09. The third-order valence-corrected chi connectivity index (χ3v) is 3.97. The molecule has 5 heteroatoms. The smallest absolute Gasteiger partial charge is 0.261 e. The molecule has 0 radical (unpaired) electrons. The number of rotatable bonds is 4. The van der Waals surface area contributed by atoms with E-state index < -0.39 is 0 Å². The summed E-state index contributed by atoms with van der Waals surface area (Å²) in [5.74, 6) is -0.0186. The number of thiophene rings is 1. The lowest BCUT2D eigenvalue weighted by molar-refractivity contribution is 0.0956. The first kappa shape index (κ1) is 11.9. The van der Waals surface area contributed by atoms with E-state index in [4.69, 9.17) is 11.6 Å². The van der Waals surface area contributed by atoms with E-state index in [1.54, 1.807) is 12.1 Å². The highest BCUT2D eigenvalue weighted by Crippen LogP contribution is 2.21. The Morgan fingerprint density at radius 3 is 3.12 bits per heavy atom. The summed E-state index contributed by atoms with van der Waals surface area (Å²) in [6.07, 6.45) is 3.48. The molecule has 1 atom stereocenters. The molecular weight excluding hydrogens is 244 g/mol. The fourth-order valence-corrected chi connectivity index (χ4v) is 2.85. The maximum atomic E-state index is 11.7. The first-order valence-corrected chi connectivity index (χ1v) is 6.72. The summed E-state index contributed by atoms with van der Waals surface area (Å²) < 4.78 is 0.655. The highest BCUT2D eigenvalue weighted by molar-refractivity contribution is 7.17. The maximum absolute atomic E-state index is 11.7. The minimum atomic E-state index is -0.0186. The second-order valence-electron chi connectivity index (χ2n) is 3.94. The zero-order valence-corrected chi connectivity index (χ0v) is 10.5. The van der Waals surface area contributed by atoms with Crippen LogP contribution in [0.4, 0.5) is 0 Å². The Bertz CT molecular complexity index is 361. The predicted molar refractivity (Wildman–Crippen MR) is 67.3 cm³/mol. The monoisotopic (exact) mass is 258 g/mol. The average molecular weight is 259 g/mol. The van der Waals surface area contributed by atoms with E-state index in [1.807, 2.05) is 0 Å². The zero-order chi connectivity index (χ0) is 11.4. The van der Waals surface area contributed by atoms with E-state index in [2.05, 4.69) is 10.6 Å². The molecule has 1 aliphatic rings. The molecular formula is C11H15ClN2OS. The molecule has 1 saturated heterocycles. The number of amides is 1. The molecule has 3 nitrogen and oxygen atoms in total. The number of halogens is 1. The van der Waals surface area contributed by atoms with E-state index >= 15 is 0 Å². The van der Waals surface area contributed by atoms with Crippen molar-refractivity contribution in [2.24, 2.45) is 0 Å². The fourth-order valence-electron chi connectivity index (χ4n) is 1.89. The Kier molecular flexibility index (Phi) is 4.21. The molecule has 0 bridgehead atoms. The van der Waals surface area contributed by atoms with Crippen LogP contribution >= 0.6 is 22.9 Å². The second kappa shape index (κ2) is 5.66. The Labute approximate surface area is 104 Å². The molecule has 0 unspecified atom stereocenters. The van der Waals surface area contributed by atoms with Crippen LogP contribution in [-0.2, 0) is 0 Å². The van der Waals surface area contributed by atoms with Gasteiger partial charge < -0.3 is 10.6 Å². The summed E-state index contributed by atoms with van der Waals surface area (Å²) in [7, 11) is 0. The number of hydrogen-bond donors (Lipinski definition) is 2. The molecule has 0 aromatic carbocycles. The van der Waals surface area contributed by atoms with Gasteiger partial charge in [-0.25, -0.2) is 0 Å². The molecule has 88 valence electrons. The van der Waals surface area contributed by atoms with Gasteiger partial charge in [0.25, 0.3) is 5.91 Å². The molecule has 1 aromatic rings. The van der Waals surface area contributed by atoms with Crippen LogP contribution in [0.15, 0.2) is 12.1 Å². The molecule has 2 rings (SSSR count). The van der Waals surface area contributed by atoms with Gasteiger partial charge in [0.05, 0.1) is 9.21 Å². The number of carbonyl (C=O) groups excluding carboxylic acids is 1. The van der Waals surface area contributed by atoms with Gasteiger partial charge in [-0.15, -0.1) is 11.3 Å². The van der Waals surface area contributed by atoms with E-state index in [0.29, 0.717) is 15.3 Å². The van der Waals surface area contributed by atoms with Gasteiger partial charge in [0.15, 0.2) is 0 Å². The standard InChI is InChI=1S/C11H15ClN2OS/c12-10-4-3-9(16-10)11(15)14-7-5-8-2-1-6-13-8/h3-4,8,13H,1-2,5-7H2,(H,14,15)/t8-/m0/s1. The minimum Gasteiger partial charge on any atom is -0.351 e. The Morgan fingerprint density at radius 2 is 2.50 bits per heavy atom. The van der Waals surface area contributed by atoms with Gasteiger partial charge in [0.2, 0.25) is 0 Å². The van der Waals surface area contributed by atoms with Crippen molar-refractivity contribution in [3.63, 3.8) is 0 Å². The summed E-state index contributed by atoms with van der Waals surface area (Å²) in [4.78, 5) is 12.3. The number of hydrogen-bond acceptors (Lipinski definition) is 3. The normalized spacial score (nSPS) is 19.9. The molecule has 1 fully saturated rings. The summed E-state index contributed by atoms with van der Waals surface area (Å²) in [5, 5.41) is 6.32. The summed E-state index contributed by atoms with van der Waals surface area (Å²) >= 11 is 7.09. The lowest BCUT2D eigenvalue weighted by Crippen LogP contribution is -2.30. The highest BCUT2D eigenvalue weighted by atomic mass is 35.5. The Hall–Kier alpha value is -0.580. The highest BCUT2D eigenvalue weighted by Gasteiger charge is 2.14. The van der Waals surface area contributed by atoms with Gasteiger partial charge in [-0.1, -0.05) is 11.6 Å². The van der Waals surface area contributed by atoms with Crippen molar-refractivity contribution in [2.45, 2.75) is 25.3 Å². The predicted octanol–water partition coefficient (Wildman–Crippen LogP) is 2.27. The van der Waals surface area contributed by atoms with Crippen LogP contribution in [0.5, 0.6) is 0 Å². The van der Waals surface area contributed by atoms with Gasteiger partial charge in [-0.3, -0.25) is 4.79 Å². The topological polar surface area (TPSA) is 41.1 Å². The van der Waals surface area contributed by atoms with Gasteiger partial charge in [0.1, 0.15) is 0 Å². The Morgan fingerprint density at radius 1 is 1.62 bits per heavy atom. The molecule has 0 aliphatic carbocycles. The summed E-state index contributed by atoms with van der Waals surface area (Å²) in [6.45, 7) is 1.84. The van der Waals surface area contributed by atoms with Crippen molar-refractivity contribution in [3.05, 3.63) is 21.3 Å².